The molecule has 1 aromatic heterocycles. The van der Waals surface area contributed by atoms with Gasteiger partial charge < -0.3 is 9.47 Å². The van der Waals surface area contributed by atoms with Crippen LogP contribution in [0.3, 0.4) is 0 Å². The van der Waals surface area contributed by atoms with Gasteiger partial charge in [0.25, 0.3) is 0 Å². The van der Waals surface area contributed by atoms with Gasteiger partial charge in [0.1, 0.15) is 10.8 Å². The molecule has 2 aromatic rings. The highest BCUT2D eigenvalue weighted by atomic mass is 32.1. The predicted octanol–water partition coefficient (Wildman–Crippen LogP) is 4.17. The zero-order valence-corrected chi connectivity index (χ0v) is 13.5. The number of hydrogen-bond donors (Lipinski definition) is 0. The number of nitrogens with zero attached hydrogens (tertiary/aromatic N) is 1. The van der Waals surface area contributed by atoms with Crippen molar-refractivity contribution in [3.8, 4) is 17.0 Å². The van der Waals surface area contributed by atoms with Crippen LogP contribution in [-0.2, 0) is 4.74 Å². The van der Waals surface area contributed by atoms with Crippen molar-refractivity contribution in [1.82, 2.24) is 4.98 Å². The van der Waals surface area contributed by atoms with Gasteiger partial charge >= 0.3 is 0 Å². The third kappa shape index (κ3) is 2.97. The van der Waals surface area contributed by atoms with Crippen LogP contribution >= 0.6 is 11.3 Å². The lowest BCUT2D eigenvalue weighted by Crippen LogP contribution is -2.14. The van der Waals surface area contributed by atoms with Gasteiger partial charge in [0.2, 0.25) is 0 Å². The van der Waals surface area contributed by atoms with Gasteiger partial charge in [-0.3, -0.25) is 0 Å². The molecule has 3 rings (SSSR count). The summed E-state index contributed by atoms with van der Waals surface area (Å²) in [5.74, 6) is 2.40. The van der Waals surface area contributed by atoms with E-state index in [1.807, 2.05) is 0 Å². The highest BCUT2D eigenvalue weighted by Crippen LogP contribution is 2.34. The predicted molar refractivity (Wildman–Crippen MR) is 86.0 cm³/mol. The van der Waals surface area contributed by atoms with Gasteiger partial charge in [0.05, 0.1) is 12.8 Å². The Labute approximate surface area is 129 Å². The largest absolute Gasteiger partial charge is 0.496 e. The van der Waals surface area contributed by atoms with E-state index in [1.54, 1.807) is 18.4 Å². The molecule has 3 nitrogen and oxygen atoms in total. The summed E-state index contributed by atoms with van der Waals surface area (Å²) in [5, 5.41) is 3.32. The molecule has 2 heterocycles. The molecule has 0 N–H and O–H groups in total. The summed E-state index contributed by atoms with van der Waals surface area (Å²) in [7, 11) is 1.72. The molecule has 4 heteroatoms. The highest BCUT2D eigenvalue weighted by Gasteiger charge is 2.20. The minimum atomic E-state index is 0.824. The lowest BCUT2D eigenvalue weighted by Gasteiger charge is -2.18. The maximum Gasteiger partial charge on any atom is 0.124 e. The van der Waals surface area contributed by atoms with E-state index in [1.165, 1.54) is 16.5 Å². The summed E-state index contributed by atoms with van der Waals surface area (Å²) in [5.41, 5.74) is 4.53. The Balaban J connectivity index is 1.89. The maximum absolute atomic E-state index is 5.43. The number of methoxy groups -OCH3 is 1. The summed E-state index contributed by atoms with van der Waals surface area (Å²) < 4.78 is 10.8. The number of rotatable bonds is 3. The number of ether oxygens (including phenoxy) is 2. The number of aromatic nitrogens is 1. The average Bonchev–Trinajstić information content (AvgIpc) is 2.97. The molecule has 111 valence electrons. The van der Waals surface area contributed by atoms with Crippen molar-refractivity contribution in [1.29, 1.82) is 0 Å². The van der Waals surface area contributed by atoms with Crippen LogP contribution < -0.4 is 4.74 Å². The molecule has 1 radical (unpaired) electrons. The van der Waals surface area contributed by atoms with Crippen LogP contribution in [0.25, 0.3) is 11.3 Å². The van der Waals surface area contributed by atoms with E-state index in [9.17, 15) is 0 Å². The fourth-order valence-electron chi connectivity index (χ4n) is 2.82. The second kappa shape index (κ2) is 6.16. The average molecular weight is 302 g/mol. The second-order valence-corrected chi connectivity index (χ2v) is 6.26. The Morgan fingerprint density at radius 3 is 2.43 bits per heavy atom. The fraction of sp³-hybridized carbons (Fsp3) is 0.412. The van der Waals surface area contributed by atoms with Crippen LogP contribution in [0.1, 0.15) is 29.0 Å². The molecular formula is C17H20NO2S. The monoisotopic (exact) mass is 302 g/mol. The van der Waals surface area contributed by atoms with E-state index >= 15 is 0 Å². The van der Waals surface area contributed by atoms with Crippen molar-refractivity contribution in [3.05, 3.63) is 39.6 Å². The Morgan fingerprint density at radius 2 is 1.81 bits per heavy atom. The van der Waals surface area contributed by atoms with Crippen molar-refractivity contribution >= 4 is 11.3 Å². The maximum atomic E-state index is 5.43. The normalized spacial score (nSPS) is 16.1. The molecule has 0 aliphatic carbocycles. The quantitative estimate of drug-likeness (QED) is 0.853. The van der Waals surface area contributed by atoms with Crippen LogP contribution in [0.4, 0.5) is 0 Å². The molecule has 0 unspecified atom stereocenters. The van der Waals surface area contributed by atoms with E-state index in [2.05, 4.69) is 31.4 Å². The molecule has 1 aromatic carbocycles. The first-order valence-corrected chi connectivity index (χ1v) is 8.11. The van der Waals surface area contributed by atoms with Gasteiger partial charge in [-0.1, -0.05) is 0 Å². The molecule has 1 fully saturated rings. The molecule has 21 heavy (non-hydrogen) atoms. The van der Waals surface area contributed by atoms with Crippen molar-refractivity contribution in [2.24, 2.45) is 0 Å². The Hall–Kier alpha value is -1.39. The first-order valence-electron chi connectivity index (χ1n) is 7.23. The van der Waals surface area contributed by atoms with Crippen molar-refractivity contribution in [3.63, 3.8) is 0 Å². The van der Waals surface area contributed by atoms with Crippen molar-refractivity contribution in [2.75, 3.05) is 20.3 Å². The lowest BCUT2D eigenvalue weighted by atomic mass is 10.0. The number of benzene rings is 1. The van der Waals surface area contributed by atoms with Gasteiger partial charge in [-0.2, -0.15) is 0 Å². The summed E-state index contributed by atoms with van der Waals surface area (Å²) >= 11 is 1.74. The van der Waals surface area contributed by atoms with Gasteiger partial charge in [0.15, 0.2) is 0 Å². The van der Waals surface area contributed by atoms with Gasteiger partial charge in [-0.05, 0) is 49.9 Å². The Bertz CT molecular complexity index is 606. The molecular weight excluding hydrogens is 282 g/mol. The number of thiazole rings is 1. The molecule has 1 saturated heterocycles. The fourth-order valence-corrected chi connectivity index (χ4v) is 3.75. The van der Waals surface area contributed by atoms with Crippen molar-refractivity contribution in [2.45, 2.75) is 26.7 Å². The van der Waals surface area contributed by atoms with E-state index < -0.39 is 0 Å². The highest BCUT2D eigenvalue weighted by molar-refractivity contribution is 7.10. The lowest BCUT2D eigenvalue weighted by molar-refractivity contribution is 0.109. The molecule has 0 atom stereocenters. The minimum absolute atomic E-state index is 0.824. The van der Waals surface area contributed by atoms with Crippen LogP contribution in [0.5, 0.6) is 5.75 Å². The minimum Gasteiger partial charge on any atom is -0.496 e. The topological polar surface area (TPSA) is 31.4 Å². The SMILES string of the molecule is COc1c(C)cc(-c2csc([C]3CCOCC3)n2)cc1C. The van der Waals surface area contributed by atoms with Gasteiger partial charge in [-0.15, -0.1) is 11.3 Å². The summed E-state index contributed by atoms with van der Waals surface area (Å²) in [4.78, 5) is 4.83. The Morgan fingerprint density at radius 1 is 1.14 bits per heavy atom. The first-order chi connectivity index (χ1) is 10.2. The summed E-state index contributed by atoms with van der Waals surface area (Å²) in [6, 6.07) is 4.30. The van der Waals surface area contributed by atoms with Gasteiger partial charge in [-0.25, -0.2) is 4.98 Å². The number of aryl methyl sites for hydroxylation is 2. The smallest absolute Gasteiger partial charge is 0.124 e. The van der Waals surface area contributed by atoms with E-state index in [4.69, 9.17) is 14.5 Å². The van der Waals surface area contributed by atoms with Crippen LogP contribution in [0, 0.1) is 19.8 Å². The van der Waals surface area contributed by atoms with E-state index in [-0.39, 0.29) is 0 Å². The zero-order valence-electron chi connectivity index (χ0n) is 12.7. The third-order valence-electron chi connectivity index (χ3n) is 3.86. The molecule has 1 aliphatic rings. The molecule has 0 spiro atoms. The van der Waals surface area contributed by atoms with E-state index in [0.717, 1.165) is 48.6 Å². The summed E-state index contributed by atoms with van der Waals surface area (Å²) in [6.07, 6.45) is 2.02. The van der Waals surface area contributed by atoms with Crippen LogP contribution in [-0.4, -0.2) is 25.3 Å². The zero-order chi connectivity index (χ0) is 14.8. The molecule has 0 saturated carbocycles. The molecule has 0 amide bonds. The second-order valence-electron chi connectivity index (χ2n) is 5.40. The molecule has 1 aliphatic heterocycles. The third-order valence-corrected chi connectivity index (χ3v) is 4.81. The van der Waals surface area contributed by atoms with Crippen LogP contribution in [0.15, 0.2) is 17.5 Å². The van der Waals surface area contributed by atoms with Crippen LogP contribution in [0.2, 0.25) is 0 Å². The van der Waals surface area contributed by atoms with Crippen molar-refractivity contribution < 1.29 is 9.47 Å². The Kier molecular flexibility index (Phi) is 4.27. The summed E-state index contributed by atoms with van der Waals surface area (Å²) in [6.45, 7) is 5.81. The standard InChI is InChI=1S/C17H20NO2S/c1-11-8-14(9-12(2)16(11)19-3)15-10-21-17(18-15)13-4-6-20-7-5-13/h8-10H,4-7H2,1-3H3. The molecule has 0 bridgehead atoms. The number of hydrogen-bond acceptors (Lipinski definition) is 4. The first kappa shape index (κ1) is 14.5. The van der Waals surface area contributed by atoms with Gasteiger partial charge in [0, 0.05) is 30.1 Å². The van der Waals surface area contributed by atoms with E-state index in [0.29, 0.717) is 0 Å².